The van der Waals surface area contributed by atoms with Crippen molar-refractivity contribution in [1.82, 2.24) is 10.2 Å². The molecule has 0 fully saturated rings. The first-order chi connectivity index (χ1) is 17.9. The van der Waals surface area contributed by atoms with E-state index in [0.717, 1.165) is 4.31 Å². The summed E-state index contributed by atoms with van der Waals surface area (Å²) in [6.07, 6.45) is 0. The van der Waals surface area contributed by atoms with Crippen molar-refractivity contribution in [2.75, 3.05) is 10.8 Å². The number of nitrogens with one attached hydrogen (secondary N) is 1. The first-order valence-corrected chi connectivity index (χ1v) is 14.3. The number of hydrogen-bond acceptors (Lipinski definition) is 4. The highest BCUT2D eigenvalue weighted by molar-refractivity contribution is 7.92. The maximum atomic E-state index is 13.8. The molecule has 3 aromatic rings. The van der Waals surface area contributed by atoms with Crippen molar-refractivity contribution in [2.45, 2.75) is 44.3 Å². The molecule has 0 aliphatic heterocycles. The fraction of sp³-hybridized carbons (Fsp3) is 0.259. The molecule has 3 aromatic carbocycles. The third kappa shape index (κ3) is 7.41. The highest BCUT2D eigenvalue weighted by Gasteiger charge is 2.33. The van der Waals surface area contributed by atoms with Gasteiger partial charge in [0.05, 0.1) is 10.6 Å². The summed E-state index contributed by atoms with van der Waals surface area (Å²) in [5, 5.41) is 3.84. The largest absolute Gasteiger partial charge is 0.352 e. The molecule has 2 amide bonds. The molecule has 1 atom stereocenters. The lowest BCUT2D eigenvalue weighted by atomic mass is 10.1. The lowest BCUT2D eigenvalue weighted by Gasteiger charge is -2.32. The third-order valence-electron chi connectivity index (χ3n) is 5.66. The topological polar surface area (TPSA) is 86.8 Å². The van der Waals surface area contributed by atoms with E-state index in [1.807, 2.05) is 0 Å². The molecule has 1 N–H and O–H groups in total. The van der Waals surface area contributed by atoms with Gasteiger partial charge < -0.3 is 10.2 Å². The molecule has 0 saturated heterocycles. The van der Waals surface area contributed by atoms with Crippen LogP contribution in [0.1, 0.15) is 26.3 Å². The lowest BCUT2D eigenvalue weighted by molar-refractivity contribution is -0.139. The lowest BCUT2D eigenvalue weighted by Crippen LogP contribution is -2.52. The first-order valence-electron chi connectivity index (χ1n) is 11.8. The van der Waals surface area contributed by atoms with Gasteiger partial charge in [-0.3, -0.25) is 13.9 Å². The quantitative estimate of drug-likeness (QED) is 0.321. The number of rotatable bonds is 10. The molecule has 3 rings (SSSR count). The van der Waals surface area contributed by atoms with Gasteiger partial charge in [-0.25, -0.2) is 8.42 Å². The Bertz CT molecular complexity index is 1400. The predicted molar refractivity (Wildman–Crippen MR) is 152 cm³/mol. The van der Waals surface area contributed by atoms with Crippen LogP contribution in [0.3, 0.4) is 0 Å². The van der Waals surface area contributed by atoms with E-state index in [1.54, 1.807) is 69.3 Å². The van der Waals surface area contributed by atoms with E-state index in [9.17, 15) is 18.0 Å². The van der Waals surface area contributed by atoms with Crippen LogP contribution in [-0.4, -0.2) is 43.8 Å². The minimum absolute atomic E-state index is 0.00525. The summed E-state index contributed by atoms with van der Waals surface area (Å²) in [4.78, 5) is 28.1. The second-order valence-corrected chi connectivity index (χ2v) is 12.0. The van der Waals surface area contributed by atoms with E-state index < -0.39 is 34.4 Å². The molecule has 0 radical (unpaired) electrons. The Balaban J connectivity index is 2.04. The van der Waals surface area contributed by atoms with Crippen LogP contribution in [0.5, 0.6) is 0 Å². The highest BCUT2D eigenvalue weighted by atomic mass is 35.5. The van der Waals surface area contributed by atoms with E-state index in [0.29, 0.717) is 20.6 Å². The molecule has 38 heavy (non-hydrogen) atoms. The normalized spacial score (nSPS) is 12.2. The monoisotopic (exact) mass is 595 g/mol. The molecule has 0 unspecified atom stereocenters. The van der Waals surface area contributed by atoms with E-state index >= 15 is 0 Å². The zero-order valence-corrected chi connectivity index (χ0v) is 24.2. The Labute approximate surface area is 238 Å². The van der Waals surface area contributed by atoms with Gasteiger partial charge in [0.1, 0.15) is 12.6 Å². The molecule has 0 spiro atoms. The molecule has 0 heterocycles. The van der Waals surface area contributed by atoms with Gasteiger partial charge in [0.25, 0.3) is 10.0 Å². The second-order valence-electron chi connectivity index (χ2n) is 8.90. The summed E-state index contributed by atoms with van der Waals surface area (Å²) in [5.74, 6) is -0.999. The molecule has 0 aromatic heterocycles. The van der Waals surface area contributed by atoms with Crippen molar-refractivity contribution in [2.24, 2.45) is 0 Å². The Morgan fingerprint density at radius 1 is 0.868 bits per heavy atom. The molecule has 7 nitrogen and oxygen atoms in total. The molecule has 202 valence electrons. The van der Waals surface area contributed by atoms with E-state index in [-0.39, 0.29) is 23.2 Å². The number of anilines is 1. The fourth-order valence-electron chi connectivity index (χ4n) is 3.70. The first kappa shape index (κ1) is 29.8. The van der Waals surface area contributed by atoms with Gasteiger partial charge in [-0.05, 0) is 68.8 Å². The number of hydrogen-bond donors (Lipinski definition) is 1. The van der Waals surface area contributed by atoms with Crippen LogP contribution < -0.4 is 9.62 Å². The smallest absolute Gasteiger partial charge is 0.264 e. The summed E-state index contributed by atoms with van der Waals surface area (Å²) < 4.78 is 28.4. The standard InChI is InChI=1S/C27H28Cl3N3O4S/c1-18(2)31-27(35)19(3)32(16-20-12-13-22(29)15-25(20)30)26(34)17-33(23-9-7-8-21(28)14-23)38(36,37)24-10-5-4-6-11-24/h4-15,18-19H,16-17H2,1-3H3,(H,31,35)/t19-/m0/s1. The van der Waals surface area contributed by atoms with Gasteiger partial charge in [-0.15, -0.1) is 0 Å². The van der Waals surface area contributed by atoms with Crippen LogP contribution in [0, 0.1) is 0 Å². The number of amides is 2. The molecule has 0 bridgehead atoms. The van der Waals surface area contributed by atoms with Crippen molar-refractivity contribution in [3.05, 3.63) is 93.4 Å². The van der Waals surface area contributed by atoms with E-state index in [2.05, 4.69) is 5.32 Å². The molecule has 0 saturated carbocycles. The number of benzene rings is 3. The maximum Gasteiger partial charge on any atom is 0.264 e. The van der Waals surface area contributed by atoms with Gasteiger partial charge in [0, 0.05) is 27.7 Å². The summed E-state index contributed by atoms with van der Waals surface area (Å²) >= 11 is 18.6. The number of halogens is 3. The van der Waals surface area contributed by atoms with Gasteiger partial charge in [-0.2, -0.15) is 0 Å². The third-order valence-corrected chi connectivity index (χ3v) is 8.27. The van der Waals surface area contributed by atoms with Crippen molar-refractivity contribution >= 4 is 62.3 Å². The van der Waals surface area contributed by atoms with Gasteiger partial charge >= 0.3 is 0 Å². The maximum absolute atomic E-state index is 13.8. The Kier molecular flexibility index (Phi) is 10.1. The predicted octanol–water partition coefficient (Wildman–Crippen LogP) is 5.78. The highest BCUT2D eigenvalue weighted by Crippen LogP contribution is 2.28. The summed E-state index contributed by atoms with van der Waals surface area (Å²) in [6.45, 7) is 4.56. The summed E-state index contributed by atoms with van der Waals surface area (Å²) in [6, 6.07) is 17.7. The van der Waals surface area contributed by atoms with Crippen molar-refractivity contribution in [1.29, 1.82) is 0 Å². The molecule has 11 heteroatoms. The zero-order valence-electron chi connectivity index (χ0n) is 21.1. The minimum atomic E-state index is -4.17. The van der Waals surface area contributed by atoms with E-state index in [1.165, 1.54) is 29.2 Å². The second kappa shape index (κ2) is 12.8. The molecule has 0 aliphatic carbocycles. The van der Waals surface area contributed by atoms with E-state index in [4.69, 9.17) is 34.8 Å². The average molecular weight is 597 g/mol. The zero-order chi connectivity index (χ0) is 28.0. The van der Waals surface area contributed by atoms with Crippen LogP contribution in [0.2, 0.25) is 15.1 Å². The number of carbonyl (C=O) groups is 2. The van der Waals surface area contributed by atoms with Crippen molar-refractivity contribution < 1.29 is 18.0 Å². The average Bonchev–Trinajstić information content (AvgIpc) is 2.86. The Hall–Kier alpha value is -2.78. The minimum Gasteiger partial charge on any atom is -0.352 e. The summed E-state index contributed by atoms with van der Waals surface area (Å²) in [7, 11) is -4.17. The molecule has 0 aliphatic rings. The SMILES string of the molecule is CC(C)NC(=O)[C@H](C)N(Cc1ccc(Cl)cc1Cl)C(=O)CN(c1cccc(Cl)c1)S(=O)(=O)c1ccccc1. The van der Waals surface area contributed by atoms with Crippen LogP contribution in [0.4, 0.5) is 5.69 Å². The van der Waals surface area contributed by atoms with Gasteiger partial charge in [0.15, 0.2) is 0 Å². The van der Waals surface area contributed by atoms with Crippen molar-refractivity contribution in [3.63, 3.8) is 0 Å². The molecular weight excluding hydrogens is 569 g/mol. The van der Waals surface area contributed by atoms with Crippen LogP contribution >= 0.6 is 34.8 Å². The number of sulfonamides is 1. The van der Waals surface area contributed by atoms with Crippen molar-refractivity contribution in [3.8, 4) is 0 Å². The van der Waals surface area contributed by atoms with Crippen LogP contribution in [0.25, 0.3) is 0 Å². The Morgan fingerprint density at radius 2 is 1.53 bits per heavy atom. The Morgan fingerprint density at radius 3 is 2.13 bits per heavy atom. The van der Waals surface area contributed by atoms with Gasteiger partial charge in [-0.1, -0.05) is 65.1 Å². The van der Waals surface area contributed by atoms with Crippen LogP contribution in [-0.2, 0) is 26.2 Å². The number of carbonyl (C=O) groups excluding carboxylic acids is 2. The van der Waals surface area contributed by atoms with Crippen LogP contribution in [0.15, 0.2) is 77.7 Å². The summed E-state index contributed by atoms with van der Waals surface area (Å²) in [5.41, 5.74) is 0.757. The van der Waals surface area contributed by atoms with Gasteiger partial charge in [0.2, 0.25) is 11.8 Å². The number of nitrogens with zero attached hydrogens (tertiary/aromatic N) is 2. The fourth-order valence-corrected chi connectivity index (χ4v) is 5.78. The molecular formula is C27H28Cl3N3O4S.